The topological polar surface area (TPSA) is 77.4 Å². The Bertz CT molecular complexity index is 254. The molecule has 0 aromatic carbocycles. The van der Waals surface area contributed by atoms with Crippen LogP contribution in [-0.4, -0.2) is 29.9 Å². The molecule has 0 aliphatic rings. The molecule has 1 atom stereocenters. The molecule has 0 aromatic rings. The number of unbranched alkanes of at least 4 members (excludes halogenated alkanes) is 4. The third kappa shape index (κ3) is 11.7. The van der Waals surface area contributed by atoms with E-state index in [-0.39, 0.29) is 36.2 Å². The molecule has 1 unspecified atom stereocenters. The Labute approximate surface area is 127 Å². The Hall–Kier alpha value is 0.870. The molecule has 6 heteroatoms. The minimum atomic E-state index is -4.13. The Kier molecular flexibility index (Phi) is 14.2. The molecule has 0 saturated heterocycles. The maximum atomic E-state index is 11.0. The van der Waals surface area contributed by atoms with Gasteiger partial charge in [-0.3, -0.25) is 0 Å². The summed E-state index contributed by atoms with van der Waals surface area (Å²) in [6.45, 7) is 2.16. The Balaban J connectivity index is 0. The van der Waals surface area contributed by atoms with Crippen LogP contribution >= 0.6 is 0 Å². The molecule has 0 aliphatic heterocycles. The van der Waals surface area contributed by atoms with Crippen LogP contribution in [-0.2, 0) is 10.1 Å². The number of aliphatic hydroxyl groups is 1. The first kappa shape index (κ1) is 20.2. The Morgan fingerprint density at radius 3 is 2.06 bits per heavy atom. The van der Waals surface area contributed by atoms with Crippen LogP contribution in [0.3, 0.4) is 0 Å². The standard InChI is InChI=1S/C11H24O4S.Na/c1-2-3-8-11(16(13,14)15)9-6-4-5-7-10-12;/h11-12H,2-10H2,1H3,(H,13,14,15);/q;+1/p-1. The summed E-state index contributed by atoms with van der Waals surface area (Å²) in [7, 11) is -4.13. The van der Waals surface area contributed by atoms with E-state index >= 15 is 0 Å². The maximum Gasteiger partial charge on any atom is 1.00 e. The minimum absolute atomic E-state index is 0. The number of rotatable bonds is 10. The zero-order chi connectivity index (χ0) is 12.4. The van der Waals surface area contributed by atoms with Crippen LogP contribution in [0.25, 0.3) is 0 Å². The van der Waals surface area contributed by atoms with Crippen molar-refractivity contribution in [3.63, 3.8) is 0 Å². The van der Waals surface area contributed by atoms with Gasteiger partial charge in [-0.05, 0) is 19.3 Å². The van der Waals surface area contributed by atoms with E-state index in [1.54, 1.807) is 0 Å². The van der Waals surface area contributed by atoms with Crippen molar-refractivity contribution in [1.29, 1.82) is 0 Å². The van der Waals surface area contributed by atoms with Gasteiger partial charge in [0, 0.05) is 11.9 Å². The van der Waals surface area contributed by atoms with E-state index in [0.717, 1.165) is 38.5 Å². The summed E-state index contributed by atoms with van der Waals surface area (Å²) in [5.41, 5.74) is 0. The predicted octanol–water partition coefficient (Wildman–Crippen LogP) is -0.963. The van der Waals surface area contributed by atoms with Gasteiger partial charge in [0.25, 0.3) is 0 Å². The summed E-state index contributed by atoms with van der Waals surface area (Å²) >= 11 is 0. The summed E-state index contributed by atoms with van der Waals surface area (Å²) in [4.78, 5) is 0. The number of hydrogen-bond donors (Lipinski definition) is 1. The van der Waals surface area contributed by atoms with Gasteiger partial charge in [0.1, 0.15) is 0 Å². The Morgan fingerprint density at radius 2 is 1.59 bits per heavy atom. The van der Waals surface area contributed by atoms with Crippen LogP contribution in [0.4, 0.5) is 0 Å². The second-order valence-corrected chi connectivity index (χ2v) is 5.84. The molecule has 98 valence electrons. The quantitative estimate of drug-likeness (QED) is 0.316. The van der Waals surface area contributed by atoms with Gasteiger partial charge in [-0.1, -0.05) is 39.0 Å². The van der Waals surface area contributed by atoms with Crippen LogP contribution in [0.5, 0.6) is 0 Å². The average molecular weight is 274 g/mol. The smallest absolute Gasteiger partial charge is 0.748 e. The fourth-order valence-electron chi connectivity index (χ4n) is 1.70. The van der Waals surface area contributed by atoms with Gasteiger partial charge in [-0.15, -0.1) is 0 Å². The van der Waals surface area contributed by atoms with Crippen molar-refractivity contribution in [3.05, 3.63) is 0 Å². The predicted molar refractivity (Wildman–Crippen MR) is 63.2 cm³/mol. The van der Waals surface area contributed by atoms with Crippen molar-refractivity contribution >= 4 is 10.1 Å². The molecule has 0 heterocycles. The molecular formula is C11H23NaO4S. The molecule has 4 nitrogen and oxygen atoms in total. The zero-order valence-corrected chi connectivity index (χ0v) is 13.8. The van der Waals surface area contributed by atoms with Gasteiger partial charge in [-0.25, -0.2) is 8.42 Å². The number of hydrogen-bond acceptors (Lipinski definition) is 4. The first-order valence-corrected chi connectivity index (χ1v) is 7.55. The van der Waals surface area contributed by atoms with Gasteiger partial charge in [0.2, 0.25) is 0 Å². The van der Waals surface area contributed by atoms with Crippen molar-refractivity contribution in [3.8, 4) is 0 Å². The van der Waals surface area contributed by atoms with Crippen molar-refractivity contribution in [2.24, 2.45) is 0 Å². The monoisotopic (exact) mass is 274 g/mol. The average Bonchev–Trinajstić information content (AvgIpc) is 2.20. The molecule has 0 fully saturated rings. The second kappa shape index (κ2) is 11.9. The van der Waals surface area contributed by atoms with Gasteiger partial charge < -0.3 is 9.66 Å². The first-order valence-electron chi connectivity index (χ1n) is 6.08. The van der Waals surface area contributed by atoms with Crippen LogP contribution in [0.2, 0.25) is 0 Å². The van der Waals surface area contributed by atoms with Crippen LogP contribution in [0, 0.1) is 0 Å². The van der Waals surface area contributed by atoms with Gasteiger partial charge >= 0.3 is 29.6 Å². The maximum absolute atomic E-state index is 11.0. The largest absolute Gasteiger partial charge is 1.00 e. The molecular weight excluding hydrogens is 251 g/mol. The third-order valence-corrected chi connectivity index (χ3v) is 4.01. The molecule has 0 radical (unpaired) electrons. The number of aliphatic hydroxyl groups excluding tert-OH is 1. The molecule has 0 spiro atoms. The molecule has 0 rings (SSSR count). The zero-order valence-electron chi connectivity index (χ0n) is 11.0. The normalized spacial score (nSPS) is 13.1. The summed E-state index contributed by atoms with van der Waals surface area (Å²) < 4.78 is 32.9. The first-order chi connectivity index (χ1) is 7.52. The summed E-state index contributed by atoms with van der Waals surface area (Å²) in [6, 6.07) is 0. The molecule has 0 saturated carbocycles. The van der Waals surface area contributed by atoms with E-state index in [1.165, 1.54) is 0 Å². The van der Waals surface area contributed by atoms with Gasteiger partial charge in [-0.2, -0.15) is 0 Å². The van der Waals surface area contributed by atoms with Crippen molar-refractivity contribution in [1.82, 2.24) is 0 Å². The molecule has 0 aromatic heterocycles. The van der Waals surface area contributed by atoms with Crippen LogP contribution < -0.4 is 29.6 Å². The van der Waals surface area contributed by atoms with E-state index in [4.69, 9.17) is 5.11 Å². The van der Waals surface area contributed by atoms with Gasteiger partial charge in [0.15, 0.2) is 0 Å². The molecule has 17 heavy (non-hydrogen) atoms. The van der Waals surface area contributed by atoms with Crippen LogP contribution in [0.15, 0.2) is 0 Å². The van der Waals surface area contributed by atoms with Crippen molar-refractivity contribution in [2.45, 2.75) is 63.5 Å². The van der Waals surface area contributed by atoms with Crippen molar-refractivity contribution < 1.29 is 47.6 Å². The van der Waals surface area contributed by atoms with E-state index in [1.807, 2.05) is 6.92 Å². The van der Waals surface area contributed by atoms with Gasteiger partial charge in [0.05, 0.1) is 10.1 Å². The van der Waals surface area contributed by atoms with Crippen LogP contribution in [0.1, 0.15) is 58.3 Å². The molecule has 0 amide bonds. The van der Waals surface area contributed by atoms with E-state index in [0.29, 0.717) is 12.8 Å². The van der Waals surface area contributed by atoms with E-state index in [2.05, 4.69) is 0 Å². The third-order valence-electron chi connectivity index (χ3n) is 2.72. The van der Waals surface area contributed by atoms with E-state index < -0.39 is 15.4 Å². The Morgan fingerprint density at radius 1 is 1.06 bits per heavy atom. The fourth-order valence-corrected chi connectivity index (χ4v) is 2.61. The minimum Gasteiger partial charge on any atom is -0.748 e. The second-order valence-electron chi connectivity index (χ2n) is 4.18. The molecule has 0 bridgehead atoms. The summed E-state index contributed by atoms with van der Waals surface area (Å²) in [5, 5.41) is 7.87. The van der Waals surface area contributed by atoms with E-state index in [9.17, 15) is 13.0 Å². The summed E-state index contributed by atoms with van der Waals surface area (Å²) in [5.74, 6) is 0. The fraction of sp³-hybridized carbons (Fsp3) is 1.00. The SMILES string of the molecule is CCCCC(CCCCCCO)S(=O)(=O)[O-].[Na+]. The molecule has 0 aliphatic carbocycles. The summed E-state index contributed by atoms with van der Waals surface area (Å²) in [6.07, 6.45) is 5.97. The van der Waals surface area contributed by atoms with Crippen molar-refractivity contribution in [2.75, 3.05) is 6.61 Å². The molecule has 1 N–H and O–H groups in total.